The molecule has 0 radical (unpaired) electrons. The van der Waals surface area contributed by atoms with Crippen LogP contribution in [0.15, 0.2) is 48.5 Å². The van der Waals surface area contributed by atoms with Crippen molar-refractivity contribution < 1.29 is 14.3 Å². The van der Waals surface area contributed by atoms with Crippen LogP contribution in [0.3, 0.4) is 0 Å². The van der Waals surface area contributed by atoms with Gasteiger partial charge < -0.3 is 14.8 Å². The van der Waals surface area contributed by atoms with Crippen molar-refractivity contribution in [1.82, 2.24) is 0 Å². The normalized spacial score (nSPS) is 10.9. The second kappa shape index (κ2) is 8.20. The van der Waals surface area contributed by atoms with Gasteiger partial charge in [0.2, 0.25) is 5.91 Å². The lowest BCUT2D eigenvalue weighted by Crippen LogP contribution is -2.07. The third kappa shape index (κ3) is 4.62. The Morgan fingerprint density at radius 2 is 1.67 bits per heavy atom. The van der Waals surface area contributed by atoms with E-state index in [1.54, 1.807) is 26.4 Å². The monoisotopic (exact) mass is 325 g/mol. The molecule has 0 aliphatic heterocycles. The number of hydrogen-bond acceptors (Lipinski definition) is 3. The maximum absolute atomic E-state index is 12.0. The molecule has 0 aliphatic rings. The van der Waals surface area contributed by atoms with Gasteiger partial charge in [-0.25, -0.2) is 0 Å². The van der Waals surface area contributed by atoms with Crippen LogP contribution in [0.5, 0.6) is 11.5 Å². The number of rotatable bonds is 6. The zero-order valence-corrected chi connectivity index (χ0v) is 14.5. The standard InChI is InChI=1S/C20H23NO3/c1-14(2)16-7-9-17(10-8-16)21-20(22)12-6-15-5-11-18(23-3)19(13-15)24-4/h5-14H,1-4H3,(H,21,22). The van der Waals surface area contributed by atoms with E-state index >= 15 is 0 Å². The highest BCUT2D eigenvalue weighted by Gasteiger charge is 2.04. The fraction of sp³-hybridized carbons (Fsp3) is 0.250. The van der Waals surface area contributed by atoms with E-state index in [9.17, 15) is 4.79 Å². The highest BCUT2D eigenvalue weighted by Crippen LogP contribution is 2.28. The molecule has 2 aromatic carbocycles. The smallest absolute Gasteiger partial charge is 0.248 e. The minimum atomic E-state index is -0.179. The second-order valence-electron chi connectivity index (χ2n) is 5.71. The molecular weight excluding hydrogens is 302 g/mol. The lowest BCUT2D eigenvalue weighted by molar-refractivity contribution is -0.111. The quantitative estimate of drug-likeness (QED) is 0.797. The highest BCUT2D eigenvalue weighted by atomic mass is 16.5. The van der Waals surface area contributed by atoms with Crippen LogP contribution >= 0.6 is 0 Å². The summed E-state index contributed by atoms with van der Waals surface area (Å²) in [6, 6.07) is 13.4. The molecule has 0 aromatic heterocycles. The summed E-state index contributed by atoms with van der Waals surface area (Å²) in [5.74, 6) is 1.58. The largest absolute Gasteiger partial charge is 0.493 e. The molecule has 126 valence electrons. The van der Waals surface area contributed by atoms with E-state index in [2.05, 4.69) is 19.2 Å². The number of benzene rings is 2. The number of carbonyl (C=O) groups excluding carboxylic acids is 1. The van der Waals surface area contributed by atoms with Crippen molar-refractivity contribution in [2.24, 2.45) is 0 Å². The maximum atomic E-state index is 12.0. The average molecular weight is 325 g/mol. The van der Waals surface area contributed by atoms with Gasteiger partial charge in [-0.05, 0) is 47.4 Å². The van der Waals surface area contributed by atoms with Gasteiger partial charge in [0.15, 0.2) is 11.5 Å². The van der Waals surface area contributed by atoms with Gasteiger partial charge in [-0.1, -0.05) is 32.0 Å². The Bertz CT molecular complexity index is 718. The van der Waals surface area contributed by atoms with E-state index in [4.69, 9.17) is 9.47 Å². The van der Waals surface area contributed by atoms with E-state index in [1.807, 2.05) is 36.4 Å². The molecule has 0 saturated carbocycles. The van der Waals surface area contributed by atoms with Crippen molar-refractivity contribution in [1.29, 1.82) is 0 Å². The van der Waals surface area contributed by atoms with Crippen molar-refractivity contribution >= 4 is 17.7 Å². The van der Waals surface area contributed by atoms with Gasteiger partial charge in [-0.15, -0.1) is 0 Å². The highest BCUT2D eigenvalue weighted by molar-refractivity contribution is 6.01. The van der Waals surface area contributed by atoms with Crippen LogP contribution in [-0.4, -0.2) is 20.1 Å². The Morgan fingerprint density at radius 1 is 1.00 bits per heavy atom. The number of carbonyl (C=O) groups is 1. The molecule has 24 heavy (non-hydrogen) atoms. The summed E-state index contributed by atoms with van der Waals surface area (Å²) < 4.78 is 10.4. The zero-order valence-electron chi connectivity index (χ0n) is 14.5. The fourth-order valence-corrected chi connectivity index (χ4v) is 2.26. The third-order valence-corrected chi connectivity index (χ3v) is 3.68. The number of ether oxygens (including phenoxy) is 2. The van der Waals surface area contributed by atoms with E-state index < -0.39 is 0 Å². The molecule has 1 N–H and O–H groups in total. The first kappa shape index (κ1) is 17.6. The van der Waals surface area contributed by atoms with Crippen LogP contribution in [-0.2, 0) is 4.79 Å². The van der Waals surface area contributed by atoms with E-state index in [-0.39, 0.29) is 5.91 Å². The van der Waals surface area contributed by atoms with Crippen LogP contribution in [0.25, 0.3) is 6.08 Å². The van der Waals surface area contributed by atoms with Crippen molar-refractivity contribution in [3.8, 4) is 11.5 Å². The van der Waals surface area contributed by atoms with Crippen molar-refractivity contribution in [3.05, 3.63) is 59.7 Å². The molecule has 4 nitrogen and oxygen atoms in total. The minimum absolute atomic E-state index is 0.179. The number of anilines is 1. The summed E-state index contributed by atoms with van der Waals surface area (Å²) in [7, 11) is 3.17. The minimum Gasteiger partial charge on any atom is -0.493 e. The number of hydrogen-bond donors (Lipinski definition) is 1. The van der Waals surface area contributed by atoms with Crippen LogP contribution in [0.4, 0.5) is 5.69 Å². The fourth-order valence-electron chi connectivity index (χ4n) is 2.26. The van der Waals surface area contributed by atoms with Crippen LogP contribution in [0.1, 0.15) is 30.9 Å². The molecule has 2 rings (SSSR count). The SMILES string of the molecule is COc1ccc(C=CC(=O)Nc2ccc(C(C)C)cc2)cc1OC. The van der Waals surface area contributed by atoms with E-state index in [0.717, 1.165) is 11.3 Å². The summed E-state index contributed by atoms with van der Waals surface area (Å²) in [5.41, 5.74) is 2.88. The van der Waals surface area contributed by atoms with Crippen LogP contribution < -0.4 is 14.8 Å². The van der Waals surface area contributed by atoms with Gasteiger partial charge in [0.05, 0.1) is 14.2 Å². The first-order chi connectivity index (χ1) is 11.5. The van der Waals surface area contributed by atoms with Gasteiger partial charge >= 0.3 is 0 Å². The van der Waals surface area contributed by atoms with Gasteiger partial charge in [-0.3, -0.25) is 4.79 Å². The molecule has 0 saturated heterocycles. The predicted octanol–water partition coefficient (Wildman–Crippen LogP) is 4.48. The lowest BCUT2D eigenvalue weighted by atomic mass is 10.0. The Morgan fingerprint density at radius 3 is 2.25 bits per heavy atom. The molecule has 0 heterocycles. The molecule has 0 unspecified atom stereocenters. The van der Waals surface area contributed by atoms with Gasteiger partial charge in [0, 0.05) is 11.8 Å². The Balaban J connectivity index is 2.02. The molecule has 2 aromatic rings. The van der Waals surface area contributed by atoms with Gasteiger partial charge in [0.1, 0.15) is 0 Å². The molecular formula is C20H23NO3. The maximum Gasteiger partial charge on any atom is 0.248 e. The molecule has 0 spiro atoms. The molecule has 0 fully saturated rings. The predicted molar refractivity (Wildman–Crippen MR) is 97.7 cm³/mol. The van der Waals surface area contributed by atoms with Crippen LogP contribution in [0.2, 0.25) is 0 Å². The molecule has 0 aliphatic carbocycles. The van der Waals surface area contributed by atoms with E-state index in [1.165, 1.54) is 11.6 Å². The number of nitrogens with one attached hydrogen (secondary N) is 1. The first-order valence-corrected chi connectivity index (χ1v) is 7.84. The Kier molecular flexibility index (Phi) is 6.01. The second-order valence-corrected chi connectivity index (χ2v) is 5.71. The average Bonchev–Trinajstić information content (AvgIpc) is 2.60. The number of amides is 1. The first-order valence-electron chi connectivity index (χ1n) is 7.84. The van der Waals surface area contributed by atoms with E-state index in [0.29, 0.717) is 17.4 Å². The molecule has 0 bridgehead atoms. The third-order valence-electron chi connectivity index (χ3n) is 3.68. The van der Waals surface area contributed by atoms with Gasteiger partial charge in [0.25, 0.3) is 0 Å². The lowest BCUT2D eigenvalue weighted by Gasteiger charge is -2.08. The number of methoxy groups -OCH3 is 2. The Hall–Kier alpha value is -2.75. The zero-order chi connectivity index (χ0) is 17.5. The van der Waals surface area contributed by atoms with Crippen molar-refractivity contribution in [2.45, 2.75) is 19.8 Å². The summed E-state index contributed by atoms with van der Waals surface area (Å²) in [6.07, 6.45) is 3.23. The summed E-state index contributed by atoms with van der Waals surface area (Å²) in [6.45, 7) is 4.28. The summed E-state index contributed by atoms with van der Waals surface area (Å²) in [4.78, 5) is 12.0. The summed E-state index contributed by atoms with van der Waals surface area (Å²) in [5, 5.41) is 2.85. The summed E-state index contributed by atoms with van der Waals surface area (Å²) >= 11 is 0. The Labute approximate surface area is 143 Å². The van der Waals surface area contributed by atoms with Crippen molar-refractivity contribution in [2.75, 3.05) is 19.5 Å². The molecule has 4 heteroatoms. The van der Waals surface area contributed by atoms with Crippen molar-refractivity contribution in [3.63, 3.8) is 0 Å². The van der Waals surface area contributed by atoms with Crippen LogP contribution in [0, 0.1) is 0 Å². The topological polar surface area (TPSA) is 47.6 Å². The van der Waals surface area contributed by atoms with Gasteiger partial charge in [-0.2, -0.15) is 0 Å². The molecule has 1 amide bonds. The molecule has 0 atom stereocenters.